The second-order valence-electron chi connectivity index (χ2n) is 4.60. The lowest BCUT2D eigenvalue weighted by molar-refractivity contribution is 0.327. The Labute approximate surface area is 98.7 Å². The first-order chi connectivity index (χ1) is 7.95. The minimum Gasteiger partial charge on any atom is -0.445 e. The Morgan fingerprint density at radius 2 is 2.12 bits per heavy atom. The first-order valence-corrected chi connectivity index (χ1v) is 5.72. The zero-order chi connectivity index (χ0) is 12.5. The van der Waals surface area contributed by atoms with Gasteiger partial charge in [0.1, 0.15) is 0 Å². The van der Waals surface area contributed by atoms with Crippen LogP contribution in [0.25, 0.3) is 0 Å². The van der Waals surface area contributed by atoms with Crippen LogP contribution in [0, 0.1) is 0 Å². The van der Waals surface area contributed by atoms with E-state index in [1.54, 1.807) is 6.07 Å². The van der Waals surface area contributed by atoms with E-state index in [0.29, 0.717) is 12.1 Å². The molecular formula is C11H15BF3N2-. The van der Waals surface area contributed by atoms with E-state index in [-0.39, 0.29) is 6.04 Å². The van der Waals surface area contributed by atoms with E-state index in [9.17, 15) is 12.9 Å². The smallest absolute Gasteiger partial charge is 0.445 e. The highest BCUT2D eigenvalue weighted by atomic mass is 19.4. The monoisotopic (exact) mass is 243 g/mol. The molecule has 2 N–H and O–H groups in total. The topological polar surface area (TPSA) is 29.3 Å². The molecule has 6 heteroatoms. The minimum atomic E-state index is -4.90. The van der Waals surface area contributed by atoms with Crippen molar-refractivity contribution < 1.29 is 12.9 Å². The average molecular weight is 243 g/mol. The lowest BCUT2D eigenvalue weighted by Crippen LogP contribution is -2.34. The highest BCUT2D eigenvalue weighted by Crippen LogP contribution is 2.14. The van der Waals surface area contributed by atoms with Gasteiger partial charge in [0, 0.05) is 25.7 Å². The predicted molar refractivity (Wildman–Crippen MR) is 63.0 cm³/mol. The molecule has 0 saturated carbocycles. The van der Waals surface area contributed by atoms with Crippen molar-refractivity contribution in [1.82, 2.24) is 4.90 Å². The Kier molecular flexibility index (Phi) is 3.44. The zero-order valence-electron chi connectivity index (χ0n) is 9.45. The first-order valence-electron chi connectivity index (χ1n) is 5.72. The van der Waals surface area contributed by atoms with Gasteiger partial charge in [-0.25, -0.2) is 0 Å². The van der Waals surface area contributed by atoms with Crippen molar-refractivity contribution in [1.29, 1.82) is 0 Å². The normalized spacial score (nSPS) is 22.0. The molecule has 1 aromatic rings. The van der Waals surface area contributed by atoms with Crippen LogP contribution in [-0.2, 0) is 6.54 Å². The number of nitrogens with zero attached hydrogens (tertiary/aromatic N) is 1. The Morgan fingerprint density at radius 3 is 2.71 bits per heavy atom. The van der Waals surface area contributed by atoms with Crippen LogP contribution in [-0.4, -0.2) is 31.0 Å². The summed E-state index contributed by atoms with van der Waals surface area (Å²) in [6.07, 6.45) is 0.920. The van der Waals surface area contributed by atoms with Crippen LogP contribution in [0.2, 0.25) is 0 Å². The summed E-state index contributed by atoms with van der Waals surface area (Å²) in [5, 5.41) is 0. The van der Waals surface area contributed by atoms with E-state index in [4.69, 9.17) is 5.73 Å². The van der Waals surface area contributed by atoms with Gasteiger partial charge in [-0.05, 0) is 12.0 Å². The number of likely N-dealkylation sites (tertiary alicyclic amines) is 1. The maximum Gasteiger partial charge on any atom is 0.509 e. The number of rotatable bonds is 3. The van der Waals surface area contributed by atoms with E-state index in [2.05, 4.69) is 4.90 Å². The third-order valence-corrected chi connectivity index (χ3v) is 3.04. The largest absolute Gasteiger partial charge is 0.509 e. The molecule has 1 saturated heterocycles. The van der Waals surface area contributed by atoms with Gasteiger partial charge in [0.2, 0.25) is 0 Å². The molecule has 1 atom stereocenters. The van der Waals surface area contributed by atoms with Crippen LogP contribution in [0.15, 0.2) is 24.3 Å². The van der Waals surface area contributed by atoms with Crippen molar-refractivity contribution >= 4 is 12.4 Å². The van der Waals surface area contributed by atoms with E-state index in [1.165, 1.54) is 12.1 Å². The fraction of sp³-hybridized carbons (Fsp3) is 0.455. The number of nitrogens with two attached hydrogens (primary N) is 1. The van der Waals surface area contributed by atoms with Crippen molar-refractivity contribution in [3.05, 3.63) is 29.8 Å². The van der Waals surface area contributed by atoms with Gasteiger partial charge in [-0.3, -0.25) is 4.90 Å². The second kappa shape index (κ2) is 4.70. The molecule has 1 aliphatic heterocycles. The van der Waals surface area contributed by atoms with Crippen LogP contribution in [0.4, 0.5) is 12.9 Å². The number of hydrogen-bond acceptors (Lipinski definition) is 2. The lowest BCUT2D eigenvalue weighted by Gasteiger charge is -2.19. The van der Waals surface area contributed by atoms with Gasteiger partial charge in [0.25, 0.3) is 0 Å². The van der Waals surface area contributed by atoms with Gasteiger partial charge >= 0.3 is 6.98 Å². The van der Waals surface area contributed by atoms with Gasteiger partial charge in [0.15, 0.2) is 0 Å². The van der Waals surface area contributed by atoms with Crippen molar-refractivity contribution in [3.63, 3.8) is 0 Å². The predicted octanol–water partition coefficient (Wildman–Crippen LogP) is 1.27. The molecule has 0 radical (unpaired) electrons. The first kappa shape index (κ1) is 12.5. The minimum absolute atomic E-state index is 0.157. The average Bonchev–Trinajstić information content (AvgIpc) is 2.63. The standard InChI is InChI=1S/C11H15BF3N2/c13-12(14,15)10-3-1-2-9(6-10)7-17-5-4-11(16)8-17/h1-3,6,11H,4-5,7-8,16H2/q-1. The van der Waals surface area contributed by atoms with E-state index < -0.39 is 12.4 Å². The quantitative estimate of drug-likeness (QED) is 0.810. The van der Waals surface area contributed by atoms with Gasteiger partial charge in [-0.1, -0.05) is 24.3 Å². The van der Waals surface area contributed by atoms with E-state index in [0.717, 1.165) is 25.6 Å². The maximum atomic E-state index is 12.6. The Morgan fingerprint density at radius 1 is 1.35 bits per heavy atom. The summed E-state index contributed by atoms with van der Waals surface area (Å²) in [7, 11) is 0. The molecule has 0 aromatic heterocycles. The highest BCUT2D eigenvalue weighted by molar-refractivity contribution is 6.73. The second-order valence-corrected chi connectivity index (χ2v) is 4.60. The lowest BCUT2D eigenvalue weighted by atomic mass is 9.79. The van der Waals surface area contributed by atoms with E-state index in [1.807, 2.05) is 0 Å². The SMILES string of the molecule is NC1CCN(Cc2cccc([B-](F)(F)F)c2)C1. The van der Waals surface area contributed by atoms with Crippen molar-refractivity contribution in [2.45, 2.75) is 19.0 Å². The molecule has 1 aromatic carbocycles. The summed E-state index contributed by atoms with van der Waals surface area (Å²) in [5.41, 5.74) is 5.94. The van der Waals surface area contributed by atoms with Crippen molar-refractivity contribution in [2.24, 2.45) is 5.73 Å². The number of hydrogen-bond donors (Lipinski definition) is 1. The fourth-order valence-electron chi connectivity index (χ4n) is 2.16. The maximum absolute atomic E-state index is 12.6. The summed E-state index contributed by atoms with van der Waals surface area (Å²) in [6.45, 7) is -2.72. The fourth-order valence-corrected chi connectivity index (χ4v) is 2.16. The van der Waals surface area contributed by atoms with Crippen molar-refractivity contribution in [3.8, 4) is 0 Å². The molecule has 1 heterocycles. The molecule has 2 nitrogen and oxygen atoms in total. The molecule has 0 aliphatic carbocycles. The Bertz CT molecular complexity index is 395. The highest BCUT2D eigenvalue weighted by Gasteiger charge is 2.26. The summed E-state index contributed by atoms with van der Waals surface area (Å²) in [4.78, 5) is 2.09. The summed E-state index contributed by atoms with van der Waals surface area (Å²) in [5.74, 6) is 0. The van der Waals surface area contributed by atoms with Gasteiger partial charge in [0.05, 0.1) is 0 Å². The van der Waals surface area contributed by atoms with Crippen LogP contribution < -0.4 is 11.2 Å². The molecular weight excluding hydrogens is 228 g/mol. The summed E-state index contributed by atoms with van der Waals surface area (Å²) < 4.78 is 37.7. The number of halogens is 3. The molecule has 0 amide bonds. The molecule has 17 heavy (non-hydrogen) atoms. The van der Waals surface area contributed by atoms with Crippen LogP contribution in [0.3, 0.4) is 0 Å². The van der Waals surface area contributed by atoms with Gasteiger partial charge in [-0.2, -0.15) is 0 Å². The molecule has 2 rings (SSSR count). The van der Waals surface area contributed by atoms with Crippen LogP contribution in [0.1, 0.15) is 12.0 Å². The third-order valence-electron chi connectivity index (χ3n) is 3.04. The zero-order valence-corrected chi connectivity index (χ0v) is 9.45. The molecule has 0 bridgehead atoms. The third kappa shape index (κ3) is 3.23. The molecule has 94 valence electrons. The Hall–Kier alpha value is -1.01. The summed E-state index contributed by atoms with van der Waals surface area (Å²) >= 11 is 0. The molecule has 0 spiro atoms. The molecule has 1 unspecified atom stereocenters. The molecule has 1 aliphatic rings. The van der Waals surface area contributed by atoms with Gasteiger partial charge < -0.3 is 18.7 Å². The van der Waals surface area contributed by atoms with Gasteiger partial charge in [-0.15, -0.1) is 5.46 Å². The van der Waals surface area contributed by atoms with Crippen LogP contribution >= 0.6 is 0 Å². The molecule has 1 fully saturated rings. The number of benzene rings is 1. The Balaban J connectivity index is 2.06. The van der Waals surface area contributed by atoms with Crippen LogP contribution in [0.5, 0.6) is 0 Å². The van der Waals surface area contributed by atoms with Crippen molar-refractivity contribution in [2.75, 3.05) is 13.1 Å². The van der Waals surface area contributed by atoms with E-state index >= 15 is 0 Å². The summed E-state index contributed by atoms with van der Waals surface area (Å²) in [6, 6.07) is 5.72.